The van der Waals surface area contributed by atoms with Crippen molar-refractivity contribution in [3.05, 3.63) is 29.3 Å². The number of ether oxygens (including phenoxy) is 2. The SMILES string of the molecule is COc1ccc(-c2nc(CC(=O)NC(C)C(C)C(=O)O)cs2)cc1OC. The van der Waals surface area contributed by atoms with E-state index in [0.29, 0.717) is 17.2 Å². The maximum atomic E-state index is 12.1. The number of nitrogens with zero attached hydrogens (tertiary/aromatic N) is 1. The van der Waals surface area contributed by atoms with Gasteiger partial charge < -0.3 is 19.9 Å². The number of carbonyl (C=O) groups is 2. The first kappa shape index (κ1) is 19.7. The van der Waals surface area contributed by atoms with Crippen molar-refractivity contribution < 1.29 is 24.2 Å². The highest BCUT2D eigenvalue weighted by atomic mass is 32.1. The van der Waals surface area contributed by atoms with Crippen LogP contribution in [0.15, 0.2) is 23.6 Å². The predicted molar refractivity (Wildman–Crippen MR) is 98.8 cm³/mol. The second kappa shape index (κ2) is 8.66. The van der Waals surface area contributed by atoms with E-state index < -0.39 is 17.9 Å². The minimum atomic E-state index is -0.942. The van der Waals surface area contributed by atoms with Gasteiger partial charge in [-0.3, -0.25) is 9.59 Å². The Kier molecular flexibility index (Phi) is 6.57. The number of hydrogen-bond acceptors (Lipinski definition) is 6. The van der Waals surface area contributed by atoms with Gasteiger partial charge in [0.2, 0.25) is 5.91 Å². The Hall–Kier alpha value is -2.61. The van der Waals surface area contributed by atoms with E-state index >= 15 is 0 Å². The molecule has 2 aromatic rings. The number of carbonyl (C=O) groups excluding carboxylic acids is 1. The zero-order valence-electron chi connectivity index (χ0n) is 15.1. The predicted octanol–water partition coefficient (Wildman–Crippen LogP) is 2.60. The topological polar surface area (TPSA) is 97.8 Å². The van der Waals surface area contributed by atoms with E-state index in [4.69, 9.17) is 14.6 Å². The van der Waals surface area contributed by atoms with Gasteiger partial charge in [-0.15, -0.1) is 11.3 Å². The van der Waals surface area contributed by atoms with Crippen molar-refractivity contribution in [3.63, 3.8) is 0 Å². The third-order valence-corrected chi connectivity index (χ3v) is 4.99. The molecule has 0 aliphatic carbocycles. The van der Waals surface area contributed by atoms with Crippen LogP contribution in [0.5, 0.6) is 11.5 Å². The maximum absolute atomic E-state index is 12.1. The van der Waals surface area contributed by atoms with Crippen LogP contribution in [0.3, 0.4) is 0 Å². The standard InChI is InChI=1S/C18H22N2O5S/c1-10(18(22)23)11(2)19-16(21)8-13-9-26-17(20-13)12-5-6-14(24-3)15(7-12)25-4/h5-7,9-11H,8H2,1-4H3,(H,19,21)(H,22,23). The number of rotatable bonds is 8. The highest BCUT2D eigenvalue weighted by molar-refractivity contribution is 7.13. The summed E-state index contributed by atoms with van der Waals surface area (Å²) in [6.07, 6.45) is 0.0977. The van der Waals surface area contributed by atoms with E-state index in [1.54, 1.807) is 34.1 Å². The van der Waals surface area contributed by atoms with Crippen molar-refractivity contribution >= 4 is 23.2 Å². The van der Waals surface area contributed by atoms with Gasteiger partial charge in [0.05, 0.1) is 32.3 Å². The molecule has 0 aliphatic rings. The van der Waals surface area contributed by atoms with Crippen LogP contribution >= 0.6 is 11.3 Å². The van der Waals surface area contributed by atoms with Crippen molar-refractivity contribution in [3.8, 4) is 22.1 Å². The molecule has 0 radical (unpaired) electrons. The van der Waals surface area contributed by atoms with Crippen LogP contribution in [0.4, 0.5) is 0 Å². The van der Waals surface area contributed by atoms with E-state index in [-0.39, 0.29) is 12.3 Å². The van der Waals surface area contributed by atoms with Crippen LogP contribution in [0.2, 0.25) is 0 Å². The summed E-state index contributed by atoms with van der Waals surface area (Å²) in [5.74, 6) is -0.612. The molecule has 1 aromatic heterocycles. The Morgan fingerprint density at radius 1 is 1.23 bits per heavy atom. The van der Waals surface area contributed by atoms with Crippen molar-refractivity contribution in [2.24, 2.45) is 5.92 Å². The quantitative estimate of drug-likeness (QED) is 0.733. The van der Waals surface area contributed by atoms with E-state index in [2.05, 4.69) is 10.3 Å². The van der Waals surface area contributed by atoms with Crippen molar-refractivity contribution in [2.45, 2.75) is 26.3 Å². The third kappa shape index (κ3) is 4.72. The van der Waals surface area contributed by atoms with Crippen molar-refractivity contribution in [1.29, 1.82) is 0 Å². The lowest BCUT2D eigenvalue weighted by molar-refractivity contribution is -0.142. The minimum Gasteiger partial charge on any atom is -0.493 e. The summed E-state index contributed by atoms with van der Waals surface area (Å²) < 4.78 is 10.5. The highest BCUT2D eigenvalue weighted by Gasteiger charge is 2.21. The average molecular weight is 378 g/mol. The second-order valence-electron chi connectivity index (χ2n) is 5.87. The maximum Gasteiger partial charge on any atom is 0.308 e. The molecule has 0 fully saturated rings. The molecule has 26 heavy (non-hydrogen) atoms. The van der Waals surface area contributed by atoms with Gasteiger partial charge in [0.15, 0.2) is 11.5 Å². The van der Waals surface area contributed by atoms with E-state index in [0.717, 1.165) is 10.6 Å². The van der Waals surface area contributed by atoms with Crippen LogP contribution in [0.1, 0.15) is 19.5 Å². The van der Waals surface area contributed by atoms with Gasteiger partial charge in [0.25, 0.3) is 0 Å². The first-order chi connectivity index (χ1) is 12.3. The molecule has 8 heteroatoms. The first-order valence-electron chi connectivity index (χ1n) is 8.04. The van der Waals surface area contributed by atoms with Crippen LogP contribution < -0.4 is 14.8 Å². The number of nitrogens with one attached hydrogen (secondary N) is 1. The summed E-state index contributed by atoms with van der Waals surface area (Å²) in [6, 6.07) is 5.05. The smallest absolute Gasteiger partial charge is 0.308 e. The third-order valence-electron chi connectivity index (χ3n) is 4.05. The summed E-state index contributed by atoms with van der Waals surface area (Å²) in [6.45, 7) is 3.23. The van der Waals surface area contributed by atoms with Gasteiger partial charge in [0.1, 0.15) is 5.01 Å². The Morgan fingerprint density at radius 3 is 2.54 bits per heavy atom. The van der Waals surface area contributed by atoms with Crippen molar-refractivity contribution in [2.75, 3.05) is 14.2 Å². The van der Waals surface area contributed by atoms with Crippen LogP contribution in [-0.4, -0.2) is 42.2 Å². The Morgan fingerprint density at radius 2 is 1.92 bits per heavy atom. The lowest BCUT2D eigenvalue weighted by atomic mass is 10.0. The lowest BCUT2D eigenvalue weighted by Gasteiger charge is -2.17. The molecular weight excluding hydrogens is 356 g/mol. The molecule has 0 saturated heterocycles. The van der Waals surface area contributed by atoms with Gasteiger partial charge in [-0.25, -0.2) is 4.98 Å². The molecule has 0 bridgehead atoms. The summed E-state index contributed by atoms with van der Waals surface area (Å²) in [7, 11) is 3.14. The highest BCUT2D eigenvalue weighted by Crippen LogP contribution is 2.33. The number of aliphatic carboxylic acids is 1. The van der Waals surface area contributed by atoms with Gasteiger partial charge in [0, 0.05) is 17.0 Å². The number of carboxylic acid groups (broad SMARTS) is 1. The number of carboxylic acids is 1. The minimum absolute atomic E-state index is 0.0977. The number of aromatic nitrogens is 1. The molecule has 140 valence electrons. The molecule has 0 saturated carbocycles. The molecular formula is C18H22N2O5S. The van der Waals surface area contributed by atoms with Gasteiger partial charge >= 0.3 is 5.97 Å². The fourth-order valence-electron chi connectivity index (χ4n) is 2.30. The Bertz CT molecular complexity index is 790. The molecule has 7 nitrogen and oxygen atoms in total. The normalized spacial score (nSPS) is 12.9. The molecule has 2 unspecified atom stereocenters. The molecule has 1 amide bonds. The monoisotopic (exact) mass is 378 g/mol. The molecule has 1 aromatic carbocycles. The fraction of sp³-hybridized carbons (Fsp3) is 0.389. The number of thiazole rings is 1. The van der Waals surface area contributed by atoms with E-state index in [1.807, 2.05) is 17.5 Å². The second-order valence-corrected chi connectivity index (χ2v) is 6.73. The molecule has 0 aliphatic heterocycles. The first-order valence-corrected chi connectivity index (χ1v) is 8.92. The zero-order chi connectivity index (χ0) is 19.3. The van der Waals surface area contributed by atoms with Crippen LogP contribution in [0, 0.1) is 5.92 Å². The Labute approximate surface area is 156 Å². The Balaban J connectivity index is 2.06. The van der Waals surface area contributed by atoms with Crippen LogP contribution in [-0.2, 0) is 16.0 Å². The molecule has 1 heterocycles. The summed E-state index contributed by atoms with van der Waals surface area (Å²) in [4.78, 5) is 27.5. The summed E-state index contributed by atoms with van der Waals surface area (Å²) in [5.41, 5.74) is 1.50. The van der Waals surface area contributed by atoms with E-state index in [9.17, 15) is 9.59 Å². The molecule has 2 atom stereocenters. The average Bonchev–Trinajstić information content (AvgIpc) is 3.08. The largest absolute Gasteiger partial charge is 0.493 e. The zero-order valence-corrected chi connectivity index (χ0v) is 15.9. The van der Waals surface area contributed by atoms with Gasteiger partial charge in [-0.1, -0.05) is 0 Å². The van der Waals surface area contributed by atoms with E-state index in [1.165, 1.54) is 11.3 Å². The number of amides is 1. The van der Waals surface area contributed by atoms with Gasteiger partial charge in [-0.05, 0) is 32.0 Å². The summed E-state index contributed by atoms with van der Waals surface area (Å²) >= 11 is 1.43. The lowest BCUT2D eigenvalue weighted by Crippen LogP contribution is -2.40. The number of benzene rings is 1. The molecule has 2 N–H and O–H groups in total. The number of methoxy groups -OCH3 is 2. The van der Waals surface area contributed by atoms with Crippen LogP contribution in [0.25, 0.3) is 10.6 Å². The summed E-state index contributed by atoms with van der Waals surface area (Å²) in [5, 5.41) is 14.3. The van der Waals surface area contributed by atoms with Crippen molar-refractivity contribution in [1.82, 2.24) is 10.3 Å². The molecule has 2 rings (SSSR count). The fourth-order valence-corrected chi connectivity index (χ4v) is 3.12. The molecule has 0 spiro atoms. The van der Waals surface area contributed by atoms with Gasteiger partial charge in [-0.2, -0.15) is 0 Å². The number of hydrogen-bond donors (Lipinski definition) is 2.